The molecule has 0 radical (unpaired) electrons. The number of benzene rings is 1. The summed E-state index contributed by atoms with van der Waals surface area (Å²) in [6.07, 6.45) is 3.15. The SMILES string of the molecule is CN(c1ccc(C#N)cc1)S(=O)(=O)N1CCC(n2ncc(NCC3(F)CCCOC3)c(Cl)c2=O)CC1. The first kappa shape index (κ1) is 26.3. The van der Waals surface area contributed by atoms with Gasteiger partial charge in [-0.1, -0.05) is 11.6 Å². The highest BCUT2D eigenvalue weighted by molar-refractivity contribution is 7.90. The summed E-state index contributed by atoms with van der Waals surface area (Å²) in [5, 5.41) is 16.0. The van der Waals surface area contributed by atoms with Crippen LogP contribution in [-0.2, 0) is 14.9 Å². The average molecular weight is 539 g/mol. The third-order valence-electron chi connectivity index (χ3n) is 6.62. The van der Waals surface area contributed by atoms with Gasteiger partial charge in [-0.2, -0.15) is 23.1 Å². The van der Waals surface area contributed by atoms with Crippen molar-refractivity contribution >= 4 is 33.2 Å². The molecule has 0 bridgehead atoms. The smallest absolute Gasteiger partial charge is 0.303 e. The van der Waals surface area contributed by atoms with E-state index in [1.54, 1.807) is 24.3 Å². The number of rotatable bonds is 7. The van der Waals surface area contributed by atoms with Gasteiger partial charge in [0, 0.05) is 26.7 Å². The molecule has 1 aromatic heterocycles. The Labute approximate surface area is 214 Å². The molecule has 36 heavy (non-hydrogen) atoms. The number of hydrogen-bond acceptors (Lipinski definition) is 7. The van der Waals surface area contributed by atoms with Crippen LogP contribution >= 0.6 is 11.6 Å². The number of alkyl halides is 1. The maximum atomic E-state index is 14.8. The first-order valence-corrected chi connectivity index (χ1v) is 13.4. The number of aromatic nitrogens is 2. The zero-order valence-electron chi connectivity index (χ0n) is 19.9. The molecule has 2 aromatic rings. The number of nitrogens with one attached hydrogen (secondary N) is 1. The lowest BCUT2D eigenvalue weighted by Gasteiger charge is -2.34. The summed E-state index contributed by atoms with van der Waals surface area (Å²) in [5.74, 6) is 0. The molecule has 4 rings (SSSR count). The fourth-order valence-electron chi connectivity index (χ4n) is 4.41. The molecule has 2 aliphatic heterocycles. The van der Waals surface area contributed by atoms with Gasteiger partial charge in [-0.25, -0.2) is 9.07 Å². The molecular formula is C23H28ClFN6O4S. The van der Waals surface area contributed by atoms with Gasteiger partial charge in [0.2, 0.25) is 0 Å². The molecule has 2 fully saturated rings. The minimum atomic E-state index is -3.80. The number of nitrogens with zero attached hydrogens (tertiary/aromatic N) is 5. The van der Waals surface area contributed by atoms with Gasteiger partial charge >= 0.3 is 10.2 Å². The standard InChI is InChI=1S/C23H28ClFN6O4S/c1-29(18-5-3-17(13-26)4-6-18)36(33,34)30-10-7-19(8-11-30)31-22(32)21(24)20(14-28-31)27-15-23(25)9-2-12-35-16-23/h3-6,14,19,27H,2,7-12,15-16H2,1H3. The van der Waals surface area contributed by atoms with Crippen molar-refractivity contribution in [2.75, 3.05) is 49.5 Å². The Morgan fingerprint density at radius 1 is 1.33 bits per heavy atom. The maximum Gasteiger partial charge on any atom is 0.303 e. The van der Waals surface area contributed by atoms with Crippen LogP contribution in [0, 0.1) is 11.3 Å². The fourth-order valence-corrected chi connectivity index (χ4v) is 6.02. The van der Waals surface area contributed by atoms with Gasteiger partial charge in [0.15, 0.2) is 5.67 Å². The molecule has 0 amide bonds. The van der Waals surface area contributed by atoms with Gasteiger partial charge in [0.25, 0.3) is 5.56 Å². The second kappa shape index (κ2) is 10.7. The van der Waals surface area contributed by atoms with Gasteiger partial charge < -0.3 is 10.1 Å². The fraction of sp³-hybridized carbons (Fsp3) is 0.522. The summed E-state index contributed by atoms with van der Waals surface area (Å²) in [6, 6.07) is 7.96. The summed E-state index contributed by atoms with van der Waals surface area (Å²) >= 11 is 6.29. The topological polar surface area (TPSA) is 121 Å². The quantitative estimate of drug-likeness (QED) is 0.575. The minimum Gasteiger partial charge on any atom is -0.379 e. The molecule has 10 nitrogen and oxygen atoms in total. The molecule has 1 aromatic carbocycles. The lowest BCUT2D eigenvalue weighted by atomic mass is 9.99. The number of anilines is 2. The van der Waals surface area contributed by atoms with E-state index >= 15 is 0 Å². The van der Waals surface area contributed by atoms with E-state index in [-0.39, 0.29) is 43.0 Å². The van der Waals surface area contributed by atoms with Gasteiger partial charge in [-0.3, -0.25) is 9.10 Å². The van der Waals surface area contributed by atoms with Crippen molar-refractivity contribution in [2.24, 2.45) is 0 Å². The van der Waals surface area contributed by atoms with Crippen LogP contribution in [0.3, 0.4) is 0 Å². The monoisotopic (exact) mass is 538 g/mol. The molecular weight excluding hydrogens is 511 g/mol. The van der Waals surface area contributed by atoms with E-state index in [4.69, 9.17) is 21.6 Å². The van der Waals surface area contributed by atoms with E-state index in [0.29, 0.717) is 43.5 Å². The zero-order chi connectivity index (χ0) is 25.9. The molecule has 2 aliphatic rings. The van der Waals surface area contributed by atoms with Crippen LogP contribution in [0.15, 0.2) is 35.3 Å². The minimum absolute atomic E-state index is 0.00996. The summed E-state index contributed by atoms with van der Waals surface area (Å²) < 4.78 is 50.0. The van der Waals surface area contributed by atoms with Crippen molar-refractivity contribution in [3.63, 3.8) is 0 Å². The lowest BCUT2D eigenvalue weighted by molar-refractivity contribution is -0.0234. The highest BCUT2D eigenvalue weighted by atomic mass is 35.5. The van der Waals surface area contributed by atoms with Gasteiger partial charge in [0.05, 0.1) is 48.4 Å². The number of piperidine rings is 1. The second-order valence-electron chi connectivity index (χ2n) is 9.05. The summed E-state index contributed by atoms with van der Waals surface area (Å²) in [4.78, 5) is 12.9. The maximum absolute atomic E-state index is 14.8. The Kier molecular flexibility index (Phi) is 7.85. The zero-order valence-corrected chi connectivity index (χ0v) is 21.4. The first-order chi connectivity index (χ1) is 17.1. The largest absolute Gasteiger partial charge is 0.379 e. The van der Waals surface area contributed by atoms with Crippen LogP contribution < -0.4 is 15.2 Å². The van der Waals surface area contributed by atoms with E-state index in [9.17, 15) is 17.6 Å². The molecule has 0 spiro atoms. The number of halogens is 2. The van der Waals surface area contributed by atoms with Crippen LogP contribution in [0.5, 0.6) is 0 Å². The van der Waals surface area contributed by atoms with E-state index < -0.39 is 21.4 Å². The van der Waals surface area contributed by atoms with E-state index in [1.165, 1.54) is 26.5 Å². The lowest BCUT2D eigenvalue weighted by Crippen LogP contribution is -2.47. The second-order valence-corrected chi connectivity index (χ2v) is 11.4. The van der Waals surface area contributed by atoms with Crippen molar-refractivity contribution in [1.82, 2.24) is 14.1 Å². The van der Waals surface area contributed by atoms with Crippen LogP contribution in [0.4, 0.5) is 15.8 Å². The molecule has 3 heterocycles. The first-order valence-electron chi connectivity index (χ1n) is 11.7. The predicted octanol–water partition coefficient (Wildman–Crippen LogP) is 2.72. The Balaban J connectivity index is 1.40. The Hall–Kier alpha value is -2.72. The number of hydrogen-bond donors (Lipinski definition) is 1. The van der Waals surface area contributed by atoms with Crippen LogP contribution in [0.2, 0.25) is 5.02 Å². The highest BCUT2D eigenvalue weighted by Crippen LogP contribution is 2.28. The molecule has 0 aliphatic carbocycles. The number of ether oxygens (including phenoxy) is 1. The summed E-state index contributed by atoms with van der Waals surface area (Å²) in [5.41, 5.74) is -0.899. The van der Waals surface area contributed by atoms with Crippen LogP contribution in [0.25, 0.3) is 0 Å². The van der Waals surface area contributed by atoms with Crippen molar-refractivity contribution in [1.29, 1.82) is 5.26 Å². The van der Waals surface area contributed by atoms with Crippen molar-refractivity contribution in [2.45, 2.75) is 37.4 Å². The molecule has 1 atom stereocenters. The Morgan fingerprint density at radius 3 is 2.64 bits per heavy atom. The molecule has 194 valence electrons. The van der Waals surface area contributed by atoms with E-state index in [1.807, 2.05) is 6.07 Å². The Bertz CT molecular complexity index is 1280. The Morgan fingerprint density at radius 2 is 2.03 bits per heavy atom. The summed E-state index contributed by atoms with van der Waals surface area (Å²) in [7, 11) is -2.34. The molecule has 13 heteroatoms. The third kappa shape index (κ3) is 5.49. The molecule has 0 saturated carbocycles. The van der Waals surface area contributed by atoms with Gasteiger partial charge in [0.1, 0.15) is 5.02 Å². The van der Waals surface area contributed by atoms with Crippen molar-refractivity contribution in [3.8, 4) is 6.07 Å². The van der Waals surface area contributed by atoms with Crippen molar-refractivity contribution in [3.05, 3.63) is 51.4 Å². The average Bonchev–Trinajstić information content (AvgIpc) is 2.89. The highest BCUT2D eigenvalue weighted by Gasteiger charge is 2.34. The van der Waals surface area contributed by atoms with Crippen LogP contribution in [0.1, 0.15) is 37.3 Å². The summed E-state index contributed by atoms with van der Waals surface area (Å²) in [6.45, 7) is 0.883. The van der Waals surface area contributed by atoms with Crippen LogP contribution in [-0.4, -0.2) is 68.1 Å². The molecule has 2 saturated heterocycles. The van der Waals surface area contributed by atoms with Gasteiger partial charge in [-0.15, -0.1) is 0 Å². The molecule has 1 N–H and O–H groups in total. The molecule has 1 unspecified atom stereocenters. The normalized spacial score (nSPS) is 21.6. The third-order valence-corrected chi connectivity index (χ3v) is 8.90. The predicted molar refractivity (Wildman–Crippen MR) is 134 cm³/mol. The van der Waals surface area contributed by atoms with E-state index in [2.05, 4.69) is 10.4 Å². The number of nitriles is 1. The van der Waals surface area contributed by atoms with Crippen molar-refractivity contribution < 1.29 is 17.5 Å². The van der Waals surface area contributed by atoms with E-state index in [0.717, 1.165) is 0 Å². The van der Waals surface area contributed by atoms with Gasteiger partial charge in [-0.05, 0) is 49.9 Å².